The number of aryl methyl sites for hydroxylation is 1. The van der Waals surface area contributed by atoms with Crippen molar-refractivity contribution in [2.24, 2.45) is 7.05 Å². The molecule has 0 radical (unpaired) electrons. The van der Waals surface area contributed by atoms with Crippen LogP contribution in [0.25, 0.3) is 0 Å². The number of nitrogens with one attached hydrogen (secondary N) is 1. The third kappa shape index (κ3) is 4.53. The molecule has 5 heteroatoms. The fraction of sp³-hybridized carbons (Fsp3) is 0.818. The van der Waals surface area contributed by atoms with Crippen LogP contribution in [-0.2, 0) is 13.5 Å². The number of nitrogens with zero attached hydrogens (tertiary/aromatic N) is 3. The first kappa shape index (κ1) is 13.5. The summed E-state index contributed by atoms with van der Waals surface area (Å²) in [6.45, 7) is 7.61. The Kier molecular flexibility index (Phi) is 5.84. The fourth-order valence-corrected chi connectivity index (χ4v) is 2.37. The maximum Gasteiger partial charge on any atom is 0.138 e. The molecule has 0 amide bonds. The molecule has 92 valence electrons. The molecule has 4 nitrogen and oxygen atoms in total. The fourth-order valence-electron chi connectivity index (χ4n) is 1.51. The highest BCUT2D eigenvalue weighted by Crippen LogP contribution is 2.12. The minimum absolute atomic E-state index is 0.486. The van der Waals surface area contributed by atoms with Gasteiger partial charge in [0, 0.05) is 25.3 Å². The number of thioether (sulfide) groups is 1. The van der Waals surface area contributed by atoms with Crippen LogP contribution in [0.1, 0.15) is 26.6 Å². The van der Waals surface area contributed by atoms with E-state index in [1.165, 1.54) is 0 Å². The molecular formula is C11H22N4S. The van der Waals surface area contributed by atoms with Crippen molar-refractivity contribution in [1.29, 1.82) is 0 Å². The Morgan fingerprint density at radius 1 is 1.50 bits per heavy atom. The molecular weight excluding hydrogens is 220 g/mol. The van der Waals surface area contributed by atoms with Crippen molar-refractivity contribution in [3.63, 3.8) is 0 Å². The second-order valence-corrected chi connectivity index (χ2v) is 5.75. The molecule has 0 aliphatic carbocycles. The van der Waals surface area contributed by atoms with Gasteiger partial charge in [-0.1, -0.05) is 20.8 Å². The summed E-state index contributed by atoms with van der Waals surface area (Å²) in [4.78, 5) is 4.27. The van der Waals surface area contributed by atoms with Gasteiger partial charge in [-0.3, -0.25) is 4.68 Å². The van der Waals surface area contributed by atoms with E-state index < -0.39 is 0 Å². The molecule has 0 bridgehead atoms. The lowest BCUT2D eigenvalue weighted by atomic mass is 10.2. The van der Waals surface area contributed by atoms with Crippen LogP contribution in [0.4, 0.5) is 0 Å². The molecule has 1 aromatic heterocycles. The van der Waals surface area contributed by atoms with Gasteiger partial charge >= 0.3 is 0 Å². The Morgan fingerprint density at radius 2 is 2.25 bits per heavy atom. The molecule has 16 heavy (non-hydrogen) atoms. The summed E-state index contributed by atoms with van der Waals surface area (Å²) in [6, 6.07) is 0.486. The lowest BCUT2D eigenvalue weighted by Crippen LogP contribution is -2.34. The van der Waals surface area contributed by atoms with Crippen molar-refractivity contribution in [2.45, 2.75) is 38.5 Å². The highest BCUT2D eigenvalue weighted by molar-refractivity contribution is 7.99. The average molecular weight is 242 g/mol. The summed E-state index contributed by atoms with van der Waals surface area (Å²) in [6.07, 6.45) is 2.57. The van der Waals surface area contributed by atoms with Gasteiger partial charge in [0.1, 0.15) is 12.2 Å². The Bertz CT molecular complexity index is 298. The number of hydrogen-bond acceptors (Lipinski definition) is 4. The van der Waals surface area contributed by atoms with E-state index in [4.69, 9.17) is 0 Å². The van der Waals surface area contributed by atoms with Crippen LogP contribution in [0.3, 0.4) is 0 Å². The van der Waals surface area contributed by atoms with Gasteiger partial charge in [-0.15, -0.1) is 0 Å². The van der Waals surface area contributed by atoms with Crippen LogP contribution in [-0.4, -0.2) is 38.4 Å². The Labute approximate surface area is 102 Å². The summed E-state index contributed by atoms with van der Waals surface area (Å²) >= 11 is 1.99. The predicted molar refractivity (Wildman–Crippen MR) is 69.8 cm³/mol. The normalized spacial score (nSPS) is 13.3. The SMILES string of the molecule is CCNC(CSC(C)C)Cc1ncnn1C. The Hall–Kier alpha value is -0.550. The summed E-state index contributed by atoms with van der Waals surface area (Å²) < 4.78 is 1.85. The van der Waals surface area contributed by atoms with Gasteiger partial charge in [0.2, 0.25) is 0 Å². The topological polar surface area (TPSA) is 42.7 Å². The highest BCUT2D eigenvalue weighted by Gasteiger charge is 2.12. The molecule has 1 aromatic rings. The van der Waals surface area contributed by atoms with Crippen LogP contribution in [0.5, 0.6) is 0 Å². The summed E-state index contributed by atoms with van der Waals surface area (Å²) in [5.74, 6) is 2.17. The van der Waals surface area contributed by atoms with Crippen LogP contribution in [0, 0.1) is 0 Å². The van der Waals surface area contributed by atoms with E-state index in [9.17, 15) is 0 Å². The van der Waals surface area contributed by atoms with Gasteiger partial charge in [0.05, 0.1) is 0 Å². The van der Waals surface area contributed by atoms with Crippen molar-refractivity contribution in [2.75, 3.05) is 12.3 Å². The first-order chi connectivity index (χ1) is 7.63. The van der Waals surface area contributed by atoms with Gasteiger partial charge in [0.15, 0.2) is 0 Å². The lowest BCUT2D eigenvalue weighted by molar-refractivity contribution is 0.542. The van der Waals surface area contributed by atoms with Crippen molar-refractivity contribution < 1.29 is 0 Å². The van der Waals surface area contributed by atoms with Crippen molar-refractivity contribution in [1.82, 2.24) is 20.1 Å². The van der Waals surface area contributed by atoms with E-state index in [2.05, 4.69) is 36.2 Å². The lowest BCUT2D eigenvalue weighted by Gasteiger charge is -2.18. The molecule has 0 spiro atoms. The molecule has 0 aliphatic heterocycles. The van der Waals surface area contributed by atoms with Gasteiger partial charge in [-0.2, -0.15) is 16.9 Å². The van der Waals surface area contributed by atoms with Crippen LogP contribution in [0.2, 0.25) is 0 Å². The van der Waals surface area contributed by atoms with Gasteiger partial charge in [-0.25, -0.2) is 4.98 Å². The second-order valence-electron chi connectivity index (χ2n) is 4.14. The zero-order valence-electron chi connectivity index (χ0n) is 10.6. The Balaban J connectivity index is 2.47. The molecule has 1 unspecified atom stereocenters. The standard InChI is InChI=1S/C11H22N4S/c1-5-12-10(7-16-9(2)3)6-11-13-8-14-15(11)4/h8-10,12H,5-7H2,1-4H3. The van der Waals surface area contributed by atoms with E-state index in [0.717, 1.165) is 24.5 Å². The average Bonchev–Trinajstić information content (AvgIpc) is 2.61. The monoisotopic (exact) mass is 242 g/mol. The molecule has 0 aromatic carbocycles. The largest absolute Gasteiger partial charge is 0.313 e. The predicted octanol–water partition coefficient (Wildman–Crippen LogP) is 1.48. The number of hydrogen-bond donors (Lipinski definition) is 1. The molecule has 0 saturated heterocycles. The van der Waals surface area contributed by atoms with E-state index in [0.29, 0.717) is 11.3 Å². The van der Waals surface area contributed by atoms with Crippen molar-refractivity contribution >= 4 is 11.8 Å². The number of aromatic nitrogens is 3. The van der Waals surface area contributed by atoms with Crippen LogP contribution >= 0.6 is 11.8 Å². The van der Waals surface area contributed by atoms with Gasteiger partial charge < -0.3 is 5.32 Å². The summed E-state index contributed by atoms with van der Waals surface area (Å²) in [5, 5.41) is 8.28. The molecule has 0 fully saturated rings. The first-order valence-electron chi connectivity index (χ1n) is 5.81. The minimum atomic E-state index is 0.486. The Morgan fingerprint density at radius 3 is 2.75 bits per heavy atom. The van der Waals surface area contributed by atoms with E-state index in [1.54, 1.807) is 6.33 Å². The van der Waals surface area contributed by atoms with E-state index in [1.807, 2.05) is 23.5 Å². The zero-order valence-corrected chi connectivity index (χ0v) is 11.4. The van der Waals surface area contributed by atoms with Crippen molar-refractivity contribution in [3.05, 3.63) is 12.2 Å². The van der Waals surface area contributed by atoms with Gasteiger partial charge in [0.25, 0.3) is 0 Å². The number of rotatable bonds is 7. The third-order valence-electron chi connectivity index (χ3n) is 2.36. The maximum absolute atomic E-state index is 4.27. The van der Waals surface area contributed by atoms with Gasteiger partial charge in [-0.05, 0) is 11.8 Å². The van der Waals surface area contributed by atoms with E-state index in [-0.39, 0.29) is 0 Å². The zero-order chi connectivity index (χ0) is 12.0. The van der Waals surface area contributed by atoms with Crippen molar-refractivity contribution in [3.8, 4) is 0 Å². The molecule has 1 N–H and O–H groups in total. The van der Waals surface area contributed by atoms with Crippen LogP contribution < -0.4 is 5.32 Å². The quantitative estimate of drug-likeness (QED) is 0.786. The first-order valence-corrected chi connectivity index (χ1v) is 6.86. The summed E-state index contributed by atoms with van der Waals surface area (Å²) in [7, 11) is 1.95. The summed E-state index contributed by atoms with van der Waals surface area (Å²) in [5.41, 5.74) is 0. The second kappa shape index (κ2) is 6.91. The van der Waals surface area contributed by atoms with E-state index >= 15 is 0 Å². The maximum atomic E-state index is 4.27. The molecule has 0 aliphatic rings. The molecule has 1 atom stereocenters. The molecule has 1 heterocycles. The smallest absolute Gasteiger partial charge is 0.138 e. The number of likely N-dealkylation sites (N-methyl/N-ethyl adjacent to an activating group) is 1. The van der Waals surface area contributed by atoms with Crippen LogP contribution in [0.15, 0.2) is 6.33 Å². The minimum Gasteiger partial charge on any atom is -0.313 e. The third-order valence-corrected chi connectivity index (χ3v) is 3.62. The highest BCUT2D eigenvalue weighted by atomic mass is 32.2. The molecule has 1 rings (SSSR count). The molecule has 0 saturated carbocycles.